The van der Waals surface area contributed by atoms with Gasteiger partial charge in [0.05, 0.1) is 18.4 Å². The summed E-state index contributed by atoms with van der Waals surface area (Å²) in [5.74, 6) is 0.188. The summed E-state index contributed by atoms with van der Waals surface area (Å²) in [6.07, 6.45) is 8.20. The first-order valence-electron chi connectivity index (χ1n) is 12.9. The molecule has 3 aliphatic rings. The second kappa shape index (κ2) is 10.5. The molecular weight excluding hydrogens is 428 g/mol. The standard InChI is InChI=1S/C26H38N6O2/c1-29-14-9-21(10-15-29)31-13-5-8-24(31)25(33)27-19-30-16-11-22(12-17-30)32-18-23(28-26(32)34)20-6-3-2-4-7-20/h2-4,6-7,18,21-22,24H,5,8-17,19H2,1H3,(H,27,33)(H,28,34)/t24-/m0/s1. The molecule has 3 aliphatic heterocycles. The van der Waals surface area contributed by atoms with E-state index in [4.69, 9.17) is 0 Å². The Balaban J connectivity index is 1.11. The Labute approximate surface area is 201 Å². The van der Waals surface area contributed by atoms with Gasteiger partial charge in [-0.25, -0.2) is 4.79 Å². The fraction of sp³-hybridized carbons (Fsp3) is 0.615. The van der Waals surface area contributed by atoms with Gasteiger partial charge in [-0.2, -0.15) is 0 Å². The van der Waals surface area contributed by atoms with Gasteiger partial charge in [-0.15, -0.1) is 0 Å². The van der Waals surface area contributed by atoms with E-state index < -0.39 is 0 Å². The van der Waals surface area contributed by atoms with Crippen LogP contribution in [0, 0.1) is 0 Å². The smallest absolute Gasteiger partial charge is 0.326 e. The molecule has 0 radical (unpaired) electrons. The highest BCUT2D eigenvalue weighted by Crippen LogP contribution is 2.26. The lowest BCUT2D eigenvalue weighted by atomic mass is 10.0. The van der Waals surface area contributed by atoms with Crippen molar-refractivity contribution in [3.63, 3.8) is 0 Å². The minimum absolute atomic E-state index is 0.0285. The molecule has 8 nitrogen and oxygen atoms in total. The van der Waals surface area contributed by atoms with Crippen LogP contribution >= 0.6 is 0 Å². The molecule has 184 valence electrons. The maximum Gasteiger partial charge on any atom is 0.326 e. The molecule has 3 fully saturated rings. The Bertz CT molecular complexity index is 1000. The van der Waals surface area contributed by atoms with Crippen LogP contribution in [0.4, 0.5) is 0 Å². The normalized spacial score (nSPS) is 24.0. The fourth-order valence-electron chi connectivity index (χ4n) is 5.94. The third-order valence-electron chi connectivity index (χ3n) is 8.01. The number of H-pyrrole nitrogens is 1. The summed E-state index contributed by atoms with van der Waals surface area (Å²) >= 11 is 0. The van der Waals surface area contributed by atoms with Crippen molar-refractivity contribution in [2.75, 3.05) is 46.4 Å². The number of nitrogens with one attached hydrogen (secondary N) is 2. The molecular formula is C26H38N6O2. The van der Waals surface area contributed by atoms with Crippen LogP contribution in [0.25, 0.3) is 11.3 Å². The maximum atomic E-state index is 13.0. The minimum Gasteiger partial charge on any atom is -0.342 e. The molecule has 4 heterocycles. The van der Waals surface area contributed by atoms with Crippen molar-refractivity contribution in [1.82, 2.24) is 29.6 Å². The SMILES string of the molecule is CN1CCC(N2CCC[C@H]2C(=O)NCN2CCC(n3cc(-c4ccccc4)[nH]c3=O)CC2)CC1. The van der Waals surface area contributed by atoms with Crippen molar-refractivity contribution >= 4 is 5.91 Å². The van der Waals surface area contributed by atoms with Gasteiger partial charge >= 0.3 is 5.69 Å². The molecule has 0 bridgehead atoms. The number of hydrogen-bond acceptors (Lipinski definition) is 5. The fourth-order valence-corrected chi connectivity index (χ4v) is 5.94. The molecule has 5 rings (SSSR count). The Morgan fingerprint density at radius 2 is 1.68 bits per heavy atom. The average Bonchev–Trinajstić information content (AvgIpc) is 3.51. The summed E-state index contributed by atoms with van der Waals surface area (Å²) in [6.45, 7) is 5.66. The molecule has 34 heavy (non-hydrogen) atoms. The lowest BCUT2D eigenvalue weighted by Gasteiger charge is -2.38. The number of likely N-dealkylation sites (tertiary alicyclic amines) is 3. The van der Waals surface area contributed by atoms with E-state index in [0.717, 1.165) is 82.5 Å². The zero-order valence-electron chi connectivity index (χ0n) is 20.3. The summed E-state index contributed by atoms with van der Waals surface area (Å²) in [7, 11) is 2.18. The lowest BCUT2D eigenvalue weighted by molar-refractivity contribution is -0.127. The Hall–Kier alpha value is -2.42. The van der Waals surface area contributed by atoms with E-state index in [1.54, 1.807) is 0 Å². The first-order valence-corrected chi connectivity index (χ1v) is 12.9. The number of amides is 1. The summed E-state index contributed by atoms with van der Waals surface area (Å²) in [4.78, 5) is 35.8. The zero-order chi connectivity index (χ0) is 23.5. The monoisotopic (exact) mass is 466 g/mol. The van der Waals surface area contributed by atoms with Crippen molar-refractivity contribution in [2.45, 2.75) is 56.7 Å². The largest absolute Gasteiger partial charge is 0.342 e. The van der Waals surface area contributed by atoms with Crippen LogP contribution in [0.15, 0.2) is 41.3 Å². The van der Waals surface area contributed by atoms with Crippen LogP contribution in [0.1, 0.15) is 44.6 Å². The van der Waals surface area contributed by atoms with Gasteiger partial charge in [-0.3, -0.25) is 19.2 Å². The average molecular weight is 467 g/mol. The van der Waals surface area contributed by atoms with E-state index >= 15 is 0 Å². The van der Waals surface area contributed by atoms with Gasteiger partial charge in [-0.1, -0.05) is 30.3 Å². The van der Waals surface area contributed by atoms with Crippen molar-refractivity contribution in [1.29, 1.82) is 0 Å². The number of rotatable bonds is 6. The number of aromatic nitrogens is 2. The number of nitrogens with zero attached hydrogens (tertiary/aromatic N) is 4. The van der Waals surface area contributed by atoms with E-state index in [1.165, 1.54) is 0 Å². The van der Waals surface area contributed by atoms with E-state index in [-0.39, 0.29) is 23.7 Å². The van der Waals surface area contributed by atoms with Gasteiger partial charge in [0.1, 0.15) is 0 Å². The predicted molar refractivity (Wildman–Crippen MR) is 134 cm³/mol. The molecule has 1 aromatic carbocycles. The number of imidazole rings is 1. The van der Waals surface area contributed by atoms with Crippen LogP contribution in [-0.4, -0.2) is 88.7 Å². The number of benzene rings is 1. The Morgan fingerprint density at radius 3 is 2.41 bits per heavy atom. The highest BCUT2D eigenvalue weighted by Gasteiger charge is 2.36. The summed E-state index contributed by atoms with van der Waals surface area (Å²) in [5, 5.41) is 3.22. The molecule has 0 spiro atoms. The van der Waals surface area contributed by atoms with Crippen LogP contribution < -0.4 is 11.0 Å². The van der Waals surface area contributed by atoms with Gasteiger partial charge in [0, 0.05) is 31.4 Å². The molecule has 0 aliphatic carbocycles. The van der Waals surface area contributed by atoms with Crippen LogP contribution in [0.2, 0.25) is 0 Å². The lowest BCUT2D eigenvalue weighted by Crippen LogP contribution is -2.52. The van der Waals surface area contributed by atoms with Crippen molar-refractivity contribution < 1.29 is 4.79 Å². The first kappa shape index (κ1) is 23.3. The van der Waals surface area contributed by atoms with E-state index in [9.17, 15) is 9.59 Å². The van der Waals surface area contributed by atoms with Crippen molar-refractivity contribution in [3.8, 4) is 11.3 Å². The molecule has 0 saturated carbocycles. The van der Waals surface area contributed by atoms with Crippen LogP contribution in [0.5, 0.6) is 0 Å². The summed E-state index contributed by atoms with van der Waals surface area (Å²) in [5.41, 5.74) is 1.85. The van der Waals surface area contributed by atoms with Gasteiger partial charge < -0.3 is 15.2 Å². The second-order valence-electron chi connectivity index (χ2n) is 10.2. The van der Waals surface area contributed by atoms with Gasteiger partial charge in [0.25, 0.3) is 0 Å². The van der Waals surface area contributed by atoms with Crippen molar-refractivity contribution in [2.24, 2.45) is 0 Å². The first-order chi connectivity index (χ1) is 16.6. The predicted octanol–water partition coefficient (Wildman–Crippen LogP) is 2.11. The minimum atomic E-state index is -0.0409. The number of carbonyl (C=O) groups excluding carboxylic acids is 1. The van der Waals surface area contributed by atoms with Gasteiger partial charge in [0.15, 0.2) is 0 Å². The molecule has 2 N–H and O–H groups in total. The van der Waals surface area contributed by atoms with E-state index in [1.807, 2.05) is 41.1 Å². The summed E-state index contributed by atoms with van der Waals surface area (Å²) < 4.78 is 1.86. The van der Waals surface area contributed by atoms with E-state index in [2.05, 4.69) is 32.0 Å². The molecule has 0 unspecified atom stereocenters. The number of aromatic amines is 1. The van der Waals surface area contributed by atoms with Crippen LogP contribution in [-0.2, 0) is 4.79 Å². The summed E-state index contributed by atoms with van der Waals surface area (Å²) in [6, 6.07) is 10.7. The number of piperidine rings is 2. The quantitative estimate of drug-likeness (QED) is 0.682. The Kier molecular flexibility index (Phi) is 7.18. The number of carbonyl (C=O) groups is 1. The molecule has 2 aromatic rings. The van der Waals surface area contributed by atoms with Gasteiger partial charge in [-0.05, 0) is 70.8 Å². The third-order valence-corrected chi connectivity index (χ3v) is 8.01. The molecule has 1 aromatic heterocycles. The van der Waals surface area contributed by atoms with E-state index in [0.29, 0.717) is 12.7 Å². The maximum absolute atomic E-state index is 13.0. The molecule has 1 amide bonds. The molecule has 3 saturated heterocycles. The highest BCUT2D eigenvalue weighted by molar-refractivity contribution is 5.82. The zero-order valence-corrected chi connectivity index (χ0v) is 20.3. The third kappa shape index (κ3) is 5.14. The highest BCUT2D eigenvalue weighted by atomic mass is 16.2. The van der Waals surface area contributed by atoms with Crippen molar-refractivity contribution in [3.05, 3.63) is 47.0 Å². The molecule has 8 heteroatoms. The Morgan fingerprint density at radius 1 is 0.971 bits per heavy atom. The van der Waals surface area contributed by atoms with Crippen LogP contribution in [0.3, 0.4) is 0 Å². The molecule has 1 atom stereocenters. The van der Waals surface area contributed by atoms with Gasteiger partial charge in [0.2, 0.25) is 5.91 Å². The number of hydrogen-bond donors (Lipinski definition) is 2. The topological polar surface area (TPSA) is 76.6 Å². The second-order valence-corrected chi connectivity index (χ2v) is 10.2.